The molecule has 0 amide bonds. The summed E-state index contributed by atoms with van der Waals surface area (Å²) in [6.45, 7) is 3.83. The predicted molar refractivity (Wildman–Crippen MR) is 61.5 cm³/mol. The standard InChI is InChI=1S/C11H13N3O2/c1-6(2)14-8-5-3-4-7(12)9(8)13-10(14)11(15)16/h3-6H,12H2,1-2H3,(H,15,16). The van der Waals surface area contributed by atoms with Gasteiger partial charge < -0.3 is 15.4 Å². The Labute approximate surface area is 92.5 Å². The fraction of sp³-hybridized carbons (Fsp3) is 0.273. The highest BCUT2D eigenvalue weighted by atomic mass is 16.4. The molecule has 2 rings (SSSR count). The van der Waals surface area contributed by atoms with Gasteiger partial charge in [-0.15, -0.1) is 0 Å². The first-order valence-electron chi connectivity index (χ1n) is 5.02. The summed E-state index contributed by atoms with van der Waals surface area (Å²) >= 11 is 0. The second-order valence-electron chi connectivity index (χ2n) is 3.92. The summed E-state index contributed by atoms with van der Waals surface area (Å²) in [4.78, 5) is 15.2. The van der Waals surface area contributed by atoms with E-state index in [1.807, 2.05) is 19.9 Å². The molecule has 0 atom stereocenters. The zero-order valence-electron chi connectivity index (χ0n) is 9.14. The van der Waals surface area contributed by atoms with Crippen molar-refractivity contribution in [3.05, 3.63) is 24.0 Å². The SMILES string of the molecule is CC(C)n1c(C(=O)O)nc2c(N)cccc21. The Kier molecular flexibility index (Phi) is 2.30. The van der Waals surface area contributed by atoms with Gasteiger partial charge in [0.25, 0.3) is 0 Å². The molecular formula is C11H13N3O2. The van der Waals surface area contributed by atoms with Gasteiger partial charge in [-0.05, 0) is 26.0 Å². The van der Waals surface area contributed by atoms with Gasteiger partial charge in [0.15, 0.2) is 0 Å². The minimum absolute atomic E-state index is 0.0258. The fourth-order valence-corrected chi connectivity index (χ4v) is 1.81. The Morgan fingerprint density at radius 1 is 1.50 bits per heavy atom. The quantitative estimate of drug-likeness (QED) is 0.756. The van der Waals surface area contributed by atoms with E-state index in [1.54, 1.807) is 16.7 Å². The van der Waals surface area contributed by atoms with Crippen molar-refractivity contribution in [3.63, 3.8) is 0 Å². The molecule has 0 saturated carbocycles. The van der Waals surface area contributed by atoms with Crippen molar-refractivity contribution in [2.24, 2.45) is 0 Å². The molecule has 0 unspecified atom stereocenters. The van der Waals surface area contributed by atoms with E-state index in [2.05, 4.69) is 4.98 Å². The Bertz CT molecular complexity index is 558. The van der Waals surface area contributed by atoms with Gasteiger partial charge in [-0.1, -0.05) is 6.07 Å². The molecule has 2 aromatic rings. The number of para-hydroxylation sites is 1. The average Bonchev–Trinajstić information content (AvgIpc) is 2.58. The first-order valence-corrected chi connectivity index (χ1v) is 5.02. The van der Waals surface area contributed by atoms with Gasteiger partial charge in [-0.3, -0.25) is 0 Å². The van der Waals surface area contributed by atoms with Crippen LogP contribution in [0.2, 0.25) is 0 Å². The molecule has 0 fully saturated rings. The van der Waals surface area contributed by atoms with Gasteiger partial charge in [0.2, 0.25) is 5.82 Å². The lowest BCUT2D eigenvalue weighted by Crippen LogP contribution is -2.11. The number of aromatic carboxylic acids is 1. The van der Waals surface area contributed by atoms with Crippen LogP contribution >= 0.6 is 0 Å². The van der Waals surface area contributed by atoms with Crippen LogP contribution in [0.5, 0.6) is 0 Å². The van der Waals surface area contributed by atoms with Crippen LogP contribution in [0.1, 0.15) is 30.5 Å². The largest absolute Gasteiger partial charge is 0.475 e. The van der Waals surface area contributed by atoms with E-state index < -0.39 is 5.97 Å². The Hall–Kier alpha value is -2.04. The summed E-state index contributed by atoms with van der Waals surface area (Å²) in [5.74, 6) is -1.01. The number of aromatic nitrogens is 2. The molecule has 1 aromatic carbocycles. The van der Waals surface area contributed by atoms with Gasteiger partial charge in [0.05, 0.1) is 11.2 Å². The maximum absolute atomic E-state index is 11.1. The second kappa shape index (κ2) is 3.52. The number of rotatable bonds is 2. The fourth-order valence-electron chi connectivity index (χ4n) is 1.81. The molecule has 16 heavy (non-hydrogen) atoms. The minimum Gasteiger partial charge on any atom is -0.475 e. The lowest BCUT2D eigenvalue weighted by molar-refractivity contribution is 0.0677. The van der Waals surface area contributed by atoms with Crippen molar-refractivity contribution in [1.29, 1.82) is 0 Å². The molecule has 0 aliphatic rings. The van der Waals surface area contributed by atoms with Crippen molar-refractivity contribution < 1.29 is 9.90 Å². The summed E-state index contributed by atoms with van der Waals surface area (Å²) in [7, 11) is 0. The average molecular weight is 219 g/mol. The summed E-state index contributed by atoms with van der Waals surface area (Å²) in [5.41, 5.74) is 7.58. The number of anilines is 1. The number of hydrogen-bond acceptors (Lipinski definition) is 3. The summed E-state index contributed by atoms with van der Waals surface area (Å²) < 4.78 is 1.67. The molecule has 0 saturated heterocycles. The molecule has 3 N–H and O–H groups in total. The monoisotopic (exact) mass is 219 g/mol. The predicted octanol–water partition coefficient (Wildman–Crippen LogP) is 1.90. The molecule has 0 aliphatic heterocycles. The van der Waals surface area contributed by atoms with Crippen LogP contribution in [-0.2, 0) is 0 Å². The molecule has 1 heterocycles. The minimum atomic E-state index is -1.04. The molecule has 5 nitrogen and oxygen atoms in total. The molecule has 5 heteroatoms. The third-order valence-corrected chi connectivity index (χ3v) is 2.46. The lowest BCUT2D eigenvalue weighted by Gasteiger charge is -2.10. The lowest BCUT2D eigenvalue weighted by atomic mass is 10.2. The molecular weight excluding hydrogens is 206 g/mol. The number of nitrogens with two attached hydrogens (primary N) is 1. The van der Waals surface area contributed by atoms with E-state index in [0.29, 0.717) is 11.2 Å². The number of benzene rings is 1. The van der Waals surface area contributed by atoms with Crippen LogP contribution in [0.15, 0.2) is 18.2 Å². The number of carboxylic acid groups (broad SMARTS) is 1. The highest BCUT2D eigenvalue weighted by Gasteiger charge is 2.19. The molecule has 84 valence electrons. The molecule has 1 aromatic heterocycles. The van der Waals surface area contributed by atoms with E-state index in [0.717, 1.165) is 5.52 Å². The summed E-state index contributed by atoms with van der Waals surface area (Å²) in [5, 5.41) is 9.08. The Balaban J connectivity index is 2.86. The van der Waals surface area contributed by atoms with Gasteiger partial charge in [-0.2, -0.15) is 0 Å². The van der Waals surface area contributed by atoms with Crippen molar-refractivity contribution in [2.45, 2.75) is 19.9 Å². The number of nitrogen functional groups attached to an aromatic ring is 1. The van der Waals surface area contributed by atoms with Crippen LogP contribution in [0.4, 0.5) is 5.69 Å². The number of fused-ring (bicyclic) bond motifs is 1. The molecule has 0 radical (unpaired) electrons. The number of hydrogen-bond donors (Lipinski definition) is 2. The normalized spacial score (nSPS) is 11.2. The van der Waals surface area contributed by atoms with E-state index >= 15 is 0 Å². The maximum Gasteiger partial charge on any atom is 0.372 e. The van der Waals surface area contributed by atoms with Crippen molar-refractivity contribution in [1.82, 2.24) is 9.55 Å². The van der Waals surface area contributed by atoms with E-state index in [1.165, 1.54) is 0 Å². The number of imidazole rings is 1. The highest BCUT2D eigenvalue weighted by molar-refractivity contribution is 5.94. The summed E-state index contributed by atoms with van der Waals surface area (Å²) in [6, 6.07) is 5.36. The maximum atomic E-state index is 11.1. The van der Waals surface area contributed by atoms with Gasteiger partial charge in [0.1, 0.15) is 5.52 Å². The van der Waals surface area contributed by atoms with Crippen LogP contribution in [-0.4, -0.2) is 20.6 Å². The second-order valence-corrected chi connectivity index (χ2v) is 3.92. The smallest absolute Gasteiger partial charge is 0.372 e. The first kappa shape index (κ1) is 10.5. The topological polar surface area (TPSA) is 81.1 Å². The molecule has 0 aliphatic carbocycles. The number of carboxylic acids is 1. The zero-order chi connectivity index (χ0) is 11.9. The van der Waals surface area contributed by atoms with E-state index in [9.17, 15) is 4.79 Å². The van der Waals surface area contributed by atoms with Crippen LogP contribution < -0.4 is 5.73 Å². The van der Waals surface area contributed by atoms with Crippen molar-refractivity contribution >= 4 is 22.7 Å². The van der Waals surface area contributed by atoms with Crippen LogP contribution in [0, 0.1) is 0 Å². The van der Waals surface area contributed by atoms with Crippen LogP contribution in [0.25, 0.3) is 11.0 Å². The number of nitrogens with zero attached hydrogens (tertiary/aromatic N) is 2. The number of carbonyl (C=O) groups is 1. The summed E-state index contributed by atoms with van der Waals surface area (Å²) in [6.07, 6.45) is 0. The van der Waals surface area contributed by atoms with Crippen LogP contribution in [0.3, 0.4) is 0 Å². The third-order valence-electron chi connectivity index (χ3n) is 2.46. The Morgan fingerprint density at radius 3 is 2.75 bits per heavy atom. The van der Waals surface area contributed by atoms with Gasteiger partial charge >= 0.3 is 5.97 Å². The van der Waals surface area contributed by atoms with Gasteiger partial charge in [-0.25, -0.2) is 9.78 Å². The Morgan fingerprint density at radius 2 is 2.19 bits per heavy atom. The van der Waals surface area contributed by atoms with Crippen molar-refractivity contribution in [3.8, 4) is 0 Å². The highest BCUT2D eigenvalue weighted by Crippen LogP contribution is 2.24. The van der Waals surface area contributed by atoms with E-state index in [-0.39, 0.29) is 11.9 Å². The third kappa shape index (κ3) is 1.41. The zero-order valence-corrected chi connectivity index (χ0v) is 9.14. The van der Waals surface area contributed by atoms with E-state index in [4.69, 9.17) is 10.8 Å². The molecule has 0 spiro atoms. The first-order chi connectivity index (χ1) is 7.52. The molecule has 0 bridgehead atoms. The van der Waals surface area contributed by atoms with Gasteiger partial charge in [0, 0.05) is 6.04 Å². The van der Waals surface area contributed by atoms with Crippen molar-refractivity contribution in [2.75, 3.05) is 5.73 Å².